The fraction of sp³-hybridized carbons (Fsp3) is 0.500. The second-order valence-corrected chi connectivity index (χ2v) is 7.69. The Morgan fingerprint density at radius 3 is 2.58 bits per heavy atom. The number of benzene rings is 1. The zero-order valence-corrected chi connectivity index (χ0v) is 15.4. The van der Waals surface area contributed by atoms with E-state index in [2.05, 4.69) is 10.6 Å². The third kappa shape index (κ3) is 4.57. The first-order valence-corrected chi connectivity index (χ1v) is 9.67. The number of morpholine rings is 1. The lowest BCUT2D eigenvalue weighted by Gasteiger charge is -2.26. The molecule has 1 aromatic carbocycles. The minimum Gasteiger partial charge on any atom is -0.379 e. The maximum Gasteiger partial charge on any atom is 0.254 e. The number of hydrogen-bond acceptors (Lipinski definition) is 5. The normalized spacial score (nSPS) is 16.7. The van der Waals surface area contributed by atoms with Crippen LogP contribution in [0.25, 0.3) is 0 Å². The van der Waals surface area contributed by atoms with Crippen LogP contribution in [-0.2, 0) is 19.6 Å². The van der Waals surface area contributed by atoms with Gasteiger partial charge in [-0.3, -0.25) is 9.59 Å². The molecule has 1 aliphatic heterocycles. The number of carbonyl (C=O) groups excluding carboxylic acids is 2. The van der Waals surface area contributed by atoms with Gasteiger partial charge in [0.15, 0.2) is 0 Å². The Balaban J connectivity index is 2.23. The van der Waals surface area contributed by atoms with Gasteiger partial charge in [-0.2, -0.15) is 4.31 Å². The maximum atomic E-state index is 14.1. The highest BCUT2D eigenvalue weighted by atomic mass is 32.2. The Morgan fingerprint density at radius 1 is 1.31 bits per heavy atom. The molecule has 2 N–H and O–H groups in total. The molecule has 0 unspecified atom stereocenters. The average Bonchev–Trinajstić information content (AvgIpc) is 2.62. The summed E-state index contributed by atoms with van der Waals surface area (Å²) in [5.74, 6) is -2.15. The fourth-order valence-corrected chi connectivity index (χ4v) is 3.88. The summed E-state index contributed by atoms with van der Waals surface area (Å²) >= 11 is 0. The van der Waals surface area contributed by atoms with Gasteiger partial charge in [0, 0.05) is 19.6 Å². The zero-order valence-electron chi connectivity index (χ0n) is 14.6. The largest absolute Gasteiger partial charge is 0.379 e. The number of amides is 2. The summed E-state index contributed by atoms with van der Waals surface area (Å²) in [5.41, 5.74) is -0.435. The summed E-state index contributed by atoms with van der Waals surface area (Å²) in [6, 6.07) is 2.14. The molecule has 1 aliphatic rings. The summed E-state index contributed by atoms with van der Waals surface area (Å²) in [4.78, 5) is 23.8. The van der Waals surface area contributed by atoms with Crippen molar-refractivity contribution in [2.75, 3.05) is 32.8 Å². The molecule has 8 nitrogen and oxygen atoms in total. The number of ether oxygens (including phenoxy) is 1. The predicted octanol–water partition coefficient (Wildman–Crippen LogP) is 0.101. The molecule has 26 heavy (non-hydrogen) atoms. The van der Waals surface area contributed by atoms with Crippen LogP contribution in [-0.4, -0.2) is 63.4 Å². The number of nitrogens with one attached hydrogen (secondary N) is 2. The minimum absolute atomic E-state index is 0.184. The molecule has 2 amide bonds. The van der Waals surface area contributed by atoms with Crippen LogP contribution in [0.2, 0.25) is 0 Å². The molecule has 0 aliphatic carbocycles. The van der Waals surface area contributed by atoms with E-state index in [0.29, 0.717) is 6.54 Å². The highest BCUT2D eigenvalue weighted by molar-refractivity contribution is 7.89. The molecular weight excluding hydrogens is 365 g/mol. The monoisotopic (exact) mass is 387 g/mol. The SMILES string of the molecule is CCNC(=O)[C@H](C)NC(=O)c1cc(S(=O)(=O)N2CCOCC2)ccc1F. The number of carbonyl (C=O) groups is 2. The van der Waals surface area contributed by atoms with Gasteiger partial charge in [0.1, 0.15) is 11.9 Å². The van der Waals surface area contributed by atoms with Crippen LogP contribution in [0.5, 0.6) is 0 Å². The molecule has 0 aromatic heterocycles. The third-order valence-corrected chi connectivity index (χ3v) is 5.78. The highest BCUT2D eigenvalue weighted by Gasteiger charge is 2.28. The van der Waals surface area contributed by atoms with Gasteiger partial charge < -0.3 is 15.4 Å². The van der Waals surface area contributed by atoms with E-state index in [9.17, 15) is 22.4 Å². The van der Waals surface area contributed by atoms with Crippen LogP contribution in [0.4, 0.5) is 4.39 Å². The lowest BCUT2D eigenvalue weighted by atomic mass is 10.2. The van der Waals surface area contributed by atoms with Crippen molar-refractivity contribution in [1.82, 2.24) is 14.9 Å². The minimum atomic E-state index is -3.86. The van der Waals surface area contributed by atoms with Crippen LogP contribution in [0.3, 0.4) is 0 Å². The van der Waals surface area contributed by atoms with Crippen LogP contribution in [0.15, 0.2) is 23.1 Å². The van der Waals surface area contributed by atoms with Crippen molar-refractivity contribution in [2.24, 2.45) is 0 Å². The maximum absolute atomic E-state index is 14.1. The van der Waals surface area contributed by atoms with E-state index in [0.717, 1.165) is 18.2 Å². The van der Waals surface area contributed by atoms with E-state index in [1.165, 1.54) is 11.2 Å². The number of nitrogens with zero attached hydrogens (tertiary/aromatic N) is 1. The lowest BCUT2D eigenvalue weighted by molar-refractivity contribution is -0.122. The number of hydrogen-bond donors (Lipinski definition) is 2. The van der Waals surface area contributed by atoms with E-state index in [-0.39, 0.29) is 31.2 Å². The Labute approximate surface area is 151 Å². The topological polar surface area (TPSA) is 105 Å². The standard InChI is InChI=1S/C16H22FN3O5S/c1-3-18-15(21)11(2)19-16(22)13-10-12(4-5-14(13)17)26(23,24)20-6-8-25-9-7-20/h4-5,10-11H,3,6-9H2,1-2H3,(H,18,21)(H,19,22)/t11-/m0/s1. The summed E-state index contributed by atoms with van der Waals surface area (Å²) in [6.07, 6.45) is 0. The first-order chi connectivity index (χ1) is 12.3. The second kappa shape index (κ2) is 8.56. The Morgan fingerprint density at radius 2 is 1.96 bits per heavy atom. The van der Waals surface area contributed by atoms with Crippen molar-refractivity contribution in [2.45, 2.75) is 24.8 Å². The predicted molar refractivity (Wildman–Crippen MR) is 91.6 cm³/mol. The highest BCUT2D eigenvalue weighted by Crippen LogP contribution is 2.20. The van der Waals surface area contributed by atoms with Crippen molar-refractivity contribution in [3.8, 4) is 0 Å². The molecule has 1 atom stereocenters. The van der Waals surface area contributed by atoms with E-state index in [4.69, 9.17) is 4.74 Å². The number of rotatable bonds is 6. The summed E-state index contributed by atoms with van der Waals surface area (Å²) in [5, 5.41) is 4.89. The molecule has 1 heterocycles. The first kappa shape index (κ1) is 20.3. The second-order valence-electron chi connectivity index (χ2n) is 5.75. The smallest absolute Gasteiger partial charge is 0.254 e. The van der Waals surface area contributed by atoms with E-state index in [1.807, 2.05) is 0 Å². The average molecular weight is 387 g/mol. The van der Waals surface area contributed by atoms with Gasteiger partial charge in [0.25, 0.3) is 5.91 Å². The number of sulfonamides is 1. The van der Waals surface area contributed by atoms with Crippen molar-refractivity contribution >= 4 is 21.8 Å². The number of halogens is 1. The molecule has 10 heteroatoms. The van der Waals surface area contributed by atoms with E-state index < -0.39 is 39.3 Å². The van der Waals surface area contributed by atoms with Crippen LogP contribution in [0, 0.1) is 5.82 Å². The molecule has 144 valence electrons. The van der Waals surface area contributed by atoms with Gasteiger partial charge >= 0.3 is 0 Å². The first-order valence-electron chi connectivity index (χ1n) is 8.23. The zero-order chi connectivity index (χ0) is 19.3. The third-order valence-electron chi connectivity index (χ3n) is 3.88. The molecule has 1 aromatic rings. The van der Waals surface area contributed by atoms with E-state index in [1.54, 1.807) is 6.92 Å². The molecule has 0 radical (unpaired) electrons. The lowest BCUT2D eigenvalue weighted by Crippen LogP contribution is -2.45. The van der Waals surface area contributed by atoms with Gasteiger partial charge in [0.05, 0.1) is 23.7 Å². The summed E-state index contributed by atoms with van der Waals surface area (Å²) in [6.45, 7) is 4.50. The van der Waals surface area contributed by atoms with Crippen molar-refractivity contribution in [3.63, 3.8) is 0 Å². The van der Waals surface area contributed by atoms with Crippen molar-refractivity contribution in [1.29, 1.82) is 0 Å². The van der Waals surface area contributed by atoms with Gasteiger partial charge in [0.2, 0.25) is 15.9 Å². The molecule has 1 saturated heterocycles. The Hall–Kier alpha value is -2.04. The van der Waals surface area contributed by atoms with Gasteiger partial charge in [-0.25, -0.2) is 12.8 Å². The van der Waals surface area contributed by atoms with Crippen molar-refractivity contribution in [3.05, 3.63) is 29.6 Å². The van der Waals surface area contributed by atoms with Gasteiger partial charge in [-0.05, 0) is 32.0 Å². The molecule has 0 spiro atoms. The number of likely N-dealkylation sites (N-methyl/N-ethyl adjacent to an activating group) is 1. The quantitative estimate of drug-likeness (QED) is 0.720. The Bertz CT molecular complexity index is 778. The van der Waals surface area contributed by atoms with Crippen LogP contribution >= 0.6 is 0 Å². The summed E-state index contributed by atoms with van der Waals surface area (Å²) < 4.78 is 45.7. The van der Waals surface area contributed by atoms with Crippen LogP contribution in [0.1, 0.15) is 24.2 Å². The molecule has 0 bridgehead atoms. The Kier molecular flexibility index (Phi) is 6.68. The van der Waals surface area contributed by atoms with Crippen molar-refractivity contribution < 1.29 is 27.1 Å². The molecular formula is C16H22FN3O5S. The fourth-order valence-electron chi connectivity index (χ4n) is 2.44. The summed E-state index contributed by atoms with van der Waals surface area (Å²) in [7, 11) is -3.86. The van der Waals surface area contributed by atoms with Gasteiger partial charge in [-0.15, -0.1) is 0 Å². The van der Waals surface area contributed by atoms with E-state index >= 15 is 0 Å². The molecule has 2 rings (SSSR count). The van der Waals surface area contributed by atoms with Crippen LogP contribution < -0.4 is 10.6 Å². The molecule has 1 fully saturated rings. The molecule has 0 saturated carbocycles. The van der Waals surface area contributed by atoms with Gasteiger partial charge in [-0.1, -0.05) is 0 Å².